The maximum Gasteiger partial charge on any atom is 0.267 e. The van der Waals surface area contributed by atoms with Crippen LogP contribution in [0, 0.1) is 30.2 Å². The number of rotatable bonds is 12. The molecule has 0 atom stereocenters. The summed E-state index contributed by atoms with van der Waals surface area (Å²) in [6.07, 6.45) is 4.86. The van der Waals surface area contributed by atoms with Crippen LogP contribution in [0.1, 0.15) is 36.0 Å². The molecular weight excluding hydrogens is 1140 g/mol. The van der Waals surface area contributed by atoms with Gasteiger partial charge in [-0.2, -0.15) is 15.3 Å². The lowest BCUT2D eigenvalue weighted by Crippen LogP contribution is -2.14. The first-order chi connectivity index (χ1) is 41.6. The number of hydrogen-bond donors (Lipinski definition) is 3. The van der Waals surface area contributed by atoms with Crippen LogP contribution < -0.4 is 16.0 Å². The molecule has 0 unspecified atom stereocenters. The van der Waals surface area contributed by atoms with Crippen molar-refractivity contribution in [1.29, 1.82) is 0 Å². The van der Waals surface area contributed by atoms with Gasteiger partial charge in [-0.05, 0) is 139 Å². The number of benzene rings is 5. The van der Waals surface area contributed by atoms with E-state index in [2.05, 4.69) is 46.2 Å². The lowest BCUT2D eigenvalue weighted by molar-refractivity contribution is 0.101. The van der Waals surface area contributed by atoms with Crippen molar-refractivity contribution >= 4 is 58.1 Å². The van der Waals surface area contributed by atoms with Crippen LogP contribution in [-0.2, 0) is 21.1 Å². The van der Waals surface area contributed by atoms with Gasteiger partial charge in [0, 0.05) is 73.1 Å². The predicted octanol–water partition coefficient (Wildman–Crippen LogP) is 14.8. The monoisotopic (exact) mass is 1190 g/mol. The Morgan fingerprint density at radius 3 is 1.13 bits per heavy atom. The van der Waals surface area contributed by atoms with Gasteiger partial charge in [0.05, 0.1) is 55.2 Å². The SMILES string of the molecule is Cc1ccsc1C(=O)Nc1ccc(-c2cc(-c3ccccc3F)nn2C)cn1.Cn1nc(-c2ccccc2F)cc1-c1ccc(NC(=O)c2ccccc2Cl)nc1.Cn1nc(-c2ccccc2F)cc1-c1ccc(NC(=O)c2ccccc2F)nc1. The smallest absolute Gasteiger partial charge is 0.267 e. The molecule has 0 fully saturated rings. The Morgan fingerprint density at radius 2 is 0.779 bits per heavy atom. The molecule has 3 amide bonds. The highest BCUT2D eigenvalue weighted by Gasteiger charge is 2.19. The minimum Gasteiger partial charge on any atom is -0.307 e. The van der Waals surface area contributed by atoms with Crippen LogP contribution in [0.3, 0.4) is 0 Å². The van der Waals surface area contributed by atoms with E-state index < -0.39 is 11.7 Å². The first kappa shape index (κ1) is 58.5. The molecule has 86 heavy (non-hydrogen) atoms. The molecule has 0 aliphatic rings. The summed E-state index contributed by atoms with van der Waals surface area (Å²) >= 11 is 7.45. The highest BCUT2D eigenvalue weighted by molar-refractivity contribution is 7.12. The average Bonchev–Trinajstić information content (AvgIpc) is 2.86. The Hall–Kier alpha value is -10.7. The Labute approximate surface area is 499 Å². The molecule has 0 spiro atoms. The average molecular weight is 1190 g/mol. The van der Waals surface area contributed by atoms with Crippen LogP contribution in [0.4, 0.5) is 35.0 Å². The summed E-state index contributed by atoms with van der Waals surface area (Å²) in [6.45, 7) is 1.90. The van der Waals surface area contributed by atoms with Crippen LogP contribution >= 0.6 is 22.9 Å². The van der Waals surface area contributed by atoms with Crippen molar-refractivity contribution in [3.05, 3.63) is 256 Å². The third-order valence-electron chi connectivity index (χ3n) is 13.3. The summed E-state index contributed by atoms with van der Waals surface area (Å²) in [5.41, 5.74) is 8.84. The molecule has 12 rings (SSSR count). The summed E-state index contributed by atoms with van der Waals surface area (Å²) in [5, 5.41) is 23.5. The van der Waals surface area contributed by atoms with Crippen molar-refractivity contribution in [1.82, 2.24) is 44.3 Å². The van der Waals surface area contributed by atoms with Crippen molar-refractivity contribution in [2.75, 3.05) is 16.0 Å². The zero-order valence-corrected chi connectivity index (χ0v) is 47.8. The molecule has 7 heterocycles. The fraction of sp³-hybridized carbons (Fsp3) is 0.0615. The minimum absolute atomic E-state index is 0.0560. The van der Waals surface area contributed by atoms with E-state index in [0.29, 0.717) is 66.7 Å². The number of thiophene rings is 1. The van der Waals surface area contributed by atoms with Crippen molar-refractivity contribution < 1.29 is 31.9 Å². The molecule has 5 aromatic carbocycles. The number of nitrogens with one attached hydrogen (secondary N) is 3. The number of carbonyl (C=O) groups is 3. The number of pyridine rings is 3. The van der Waals surface area contributed by atoms with Gasteiger partial charge in [-0.25, -0.2) is 32.5 Å². The summed E-state index contributed by atoms with van der Waals surface area (Å²) in [7, 11) is 5.34. The molecule has 15 nitrogen and oxygen atoms in total. The molecule has 7 aromatic heterocycles. The van der Waals surface area contributed by atoms with E-state index in [4.69, 9.17) is 11.6 Å². The molecule has 0 saturated heterocycles. The normalized spacial score (nSPS) is 10.8. The molecule has 0 saturated carbocycles. The summed E-state index contributed by atoms with van der Waals surface area (Å²) in [4.78, 5) is 50.4. The fourth-order valence-corrected chi connectivity index (χ4v) is 9.95. The molecular formula is C65H49ClF4N12O3S. The van der Waals surface area contributed by atoms with Gasteiger partial charge in [0.15, 0.2) is 0 Å². The number of aromatic nitrogens is 9. The van der Waals surface area contributed by atoms with E-state index in [1.807, 2.05) is 36.6 Å². The number of anilines is 3. The van der Waals surface area contributed by atoms with Crippen LogP contribution in [0.2, 0.25) is 5.02 Å². The number of carbonyl (C=O) groups excluding carboxylic acids is 3. The van der Waals surface area contributed by atoms with E-state index in [9.17, 15) is 31.9 Å². The Balaban J connectivity index is 0.000000143. The quantitative estimate of drug-likeness (QED) is 0.100. The second kappa shape index (κ2) is 26.3. The van der Waals surface area contributed by atoms with E-state index in [1.165, 1.54) is 47.7 Å². The maximum absolute atomic E-state index is 14.1. The summed E-state index contributed by atoms with van der Waals surface area (Å²) < 4.78 is 60.8. The molecule has 0 radical (unpaired) electrons. The van der Waals surface area contributed by atoms with Crippen LogP contribution in [-0.4, -0.2) is 62.0 Å². The summed E-state index contributed by atoms with van der Waals surface area (Å²) in [6, 6.07) is 49.8. The Morgan fingerprint density at radius 1 is 0.430 bits per heavy atom. The van der Waals surface area contributed by atoms with Crippen molar-refractivity contribution in [2.45, 2.75) is 6.92 Å². The number of amides is 3. The van der Waals surface area contributed by atoms with Crippen molar-refractivity contribution in [2.24, 2.45) is 21.1 Å². The highest BCUT2D eigenvalue weighted by Crippen LogP contribution is 2.31. The first-order valence-corrected chi connectivity index (χ1v) is 27.6. The number of nitrogens with zero attached hydrogens (tertiary/aromatic N) is 9. The number of halogens is 5. The highest BCUT2D eigenvalue weighted by atomic mass is 35.5. The van der Waals surface area contributed by atoms with E-state index in [-0.39, 0.29) is 34.8 Å². The van der Waals surface area contributed by atoms with Crippen LogP contribution in [0.25, 0.3) is 67.5 Å². The third kappa shape index (κ3) is 13.5. The van der Waals surface area contributed by atoms with Gasteiger partial charge < -0.3 is 16.0 Å². The molecule has 21 heteroatoms. The minimum atomic E-state index is -0.600. The van der Waals surface area contributed by atoms with Crippen molar-refractivity contribution in [3.8, 4) is 67.5 Å². The number of hydrogen-bond acceptors (Lipinski definition) is 10. The molecule has 0 bridgehead atoms. The largest absolute Gasteiger partial charge is 0.307 e. The number of aryl methyl sites for hydroxylation is 4. The zero-order chi connectivity index (χ0) is 60.4. The second-order valence-electron chi connectivity index (χ2n) is 19.1. The third-order valence-corrected chi connectivity index (χ3v) is 14.6. The lowest BCUT2D eigenvalue weighted by Gasteiger charge is -2.07. The Kier molecular flexibility index (Phi) is 17.9. The standard InChI is InChI=1S/C22H16ClFN4O.C22H16F2N4O.C21H17FN4OS/c1-28-20(12-19(27-28)16-7-3-5-9-18(16)24)14-10-11-21(25-13-14)26-22(29)15-6-2-4-8-17(15)23;1-28-20(12-19(27-28)15-6-2-4-8-17(15)23)14-10-11-21(25-13-14)26-22(29)16-7-3-5-9-18(16)24;1-13-9-10-28-20(13)21(27)24-19-8-7-14(12-23-19)18-11-17(25-26(18)2)15-5-3-4-6-16(15)22/h2*2-13H,1H3,(H,25,26,29);3-12H,1-2H3,(H,23,24,27). The van der Waals surface area contributed by atoms with E-state index in [0.717, 1.165) is 39.3 Å². The molecule has 12 aromatic rings. The summed E-state index contributed by atoms with van der Waals surface area (Å²) in [5.74, 6) is -1.51. The Bertz CT molecular complexity index is 4220. The van der Waals surface area contributed by atoms with Gasteiger partial charge in [-0.1, -0.05) is 72.3 Å². The van der Waals surface area contributed by atoms with Crippen LogP contribution in [0.15, 0.2) is 206 Å². The van der Waals surface area contributed by atoms with Crippen LogP contribution in [0.5, 0.6) is 0 Å². The molecule has 3 N–H and O–H groups in total. The van der Waals surface area contributed by atoms with Gasteiger partial charge in [-0.3, -0.25) is 28.4 Å². The molecule has 0 aliphatic heterocycles. The molecule has 428 valence electrons. The van der Waals surface area contributed by atoms with Gasteiger partial charge >= 0.3 is 0 Å². The maximum atomic E-state index is 14.1. The van der Waals surface area contributed by atoms with Gasteiger partial charge in [0.1, 0.15) is 40.7 Å². The second-order valence-corrected chi connectivity index (χ2v) is 20.4. The zero-order valence-electron chi connectivity index (χ0n) is 46.2. The van der Waals surface area contributed by atoms with E-state index >= 15 is 0 Å². The fourth-order valence-electron chi connectivity index (χ4n) is 8.91. The molecule has 0 aliphatic carbocycles. The predicted molar refractivity (Wildman–Crippen MR) is 326 cm³/mol. The topological polar surface area (TPSA) is 179 Å². The van der Waals surface area contributed by atoms with Gasteiger partial charge in [-0.15, -0.1) is 11.3 Å². The van der Waals surface area contributed by atoms with Gasteiger partial charge in [0.25, 0.3) is 17.7 Å². The van der Waals surface area contributed by atoms with E-state index in [1.54, 1.807) is 175 Å². The van der Waals surface area contributed by atoms with Crippen molar-refractivity contribution in [3.63, 3.8) is 0 Å². The first-order valence-electron chi connectivity index (χ1n) is 26.3. The van der Waals surface area contributed by atoms with Gasteiger partial charge in [0.2, 0.25) is 0 Å². The lowest BCUT2D eigenvalue weighted by atomic mass is 10.1.